The monoisotopic (exact) mass is 240 g/mol. The zero-order valence-electron chi connectivity index (χ0n) is 10.2. The van der Waals surface area contributed by atoms with Gasteiger partial charge in [-0.1, -0.05) is 0 Å². The number of amides is 1. The molecule has 1 aromatic carbocycles. The van der Waals surface area contributed by atoms with Gasteiger partial charge in [-0.15, -0.1) is 0 Å². The molecule has 5 heteroatoms. The molecule has 0 saturated carbocycles. The number of hydrogen-bond donors (Lipinski definition) is 1. The highest BCUT2D eigenvalue weighted by Gasteiger charge is 2.11. The molecule has 1 rings (SSSR count). The molecule has 0 heterocycles. The molecule has 2 N–H and O–H groups in total. The van der Waals surface area contributed by atoms with Gasteiger partial charge >= 0.3 is 0 Å². The molecule has 4 nitrogen and oxygen atoms in total. The van der Waals surface area contributed by atoms with Crippen LogP contribution >= 0.6 is 0 Å². The van der Waals surface area contributed by atoms with Gasteiger partial charge in [-0.25, -0.2) is 4.39 Å². The van der Waals surface area contributed by atoms with Gasteiger partial charge < -0.3 is 15.4 Å². The fraction of sp³-hybridized carbons (Fsp3) is 0.417. The van der Waals surface area contributed by atoms with E-state index in [1.165, 1.54) is 23.1 Å². The number of hydrogen-bond acceptors (Lipinski definition) is 3. The van der Waals surface area contributed by atoms with E-state index in [-0.39, 0.29) is 24.4 Å². The van der Waals surface area contributed by atoms with Gasteiger partial charge in [0.2, 0.25) is 0 Å². The van der Waals surface area contributed by atoms with Gasteiger partial charge in [0.1, 0.15) is 11.6 Å². The molecule has 1 aromatic rings. The van der Waals surface area contributed by atoms with Crippen LogP contribution in [0, 0.1) is 5.82 Å². The second-order valence-electron chi connectivity index (χ2n) is 4.05. The van der Waals surface area contributed by atoms with Gasteiger partial charge in [0, 0.05) is 25.7 Å². The first-order valence-corrected chi connectivity index (χ1v) is 5.29. The van der Waals surface area contributed by atoms with E-state index in [2.05, 4.69) is 0 Å². The maximum Gasteiger partial charge on any atom is 0.259 e. The number of benzene rings is 1. The minimum Gasteiger partial charge on any atom is -0.483 e. The van der Waals surface area contributed by atoms with Crippen molar-refractivity contribution in [2.24, 2.45) is 5.73 Å². The molecule has 1 amide bonds. The van der Waals surface area contributed by atoms with E-state index in [0.717, 1.165) is 0 Å². The van der Waals surface area contributed by atoms with E-state index in [9.17, 15) is 9.18 Å². The molecule has 0 aliphatic rings. The highest BCUT2D eigenvalue weighted by atomic mass is 19.1. The van der Waals surface area contributed by atoms with Gasteiger partial charge in [0.25, 0.3) is 5.91 Å². The molecule has 0 saturated heterocycles. The maximum absolute atomic E-state index is 13.0. The van der Waals surface area contributed by atoms with Crippen molar-refractivity contribution in [2.45, 2.75) is 13.0 Å². The Labute approximate surface area is 100 Å². The van der Waals surface area contributed by atoms with Crippen molar-refractivity contribution in [1.29, 1.82) is 0 Å². The molecule has 94 valence electrons. The van der Waals surface area contributed by atoms with Crippen LogP contribution < -0.4 is 10.5 Å². The van der Waals surface area contributed by atoms with E-state index < -0.39 is 0 Å². The molecule has 1 unspecified atom stereocenters. The molecule has 17 heavy (non-hydrogen) atoms. The Morgan fingerprint density at radius 3 is 2.71 bits per heavy atom. The lowest BCUT2D eigenvalue weighted by atomic mass is 10.1. The summed E-state index contributed by atoms with van der Waals surface area (Å²) in [4.78, 5) is 12.8. The number of carbonyl (C=O) groups excluding carboxylic acids is 1. The predicted octanol–water partition coefficient (Wildman–Crippen LogP) is 1.31. The molecule has 0 fully saturated rings. The number of nitrogens with zero attached hydrogens (tertiary/aromatic N) is 1. The Balaban J connectivity index is 2.80. The van der Waals surface area contributed by atoms with Crippen molar-refractivity contribution < 1.29 is 13.9 Å². The van der Waals surface area contributed by atoms with E-state index in [1.807, 2.05) is 0 Å². The minimum absolute atomic E-state index is 0.0850. The minimum atomic E-state index is -0.372. The van der Waals surface area contributed by atoms with Crippen LogP contribution in [0.3, 0.4) is 0 Å². The molecular formula is C12H17FN2O2. The fourth-order valence-electron chi connectivity index (χ4n) is 1.28. The van der Waals surface area contributed by atoms with E-state index in [0.29, 0.717) is 11.3 Å². The topological polar surface area (TPSA) is 55.6 Å². The summed E-state index contributed by atoms with van der Waals surface area (Å²) in [6.07, 6.45) is 0. The number of nitrogens with two attached hydrogens (primary N) is 1. The fourth-order valence-corrected chi connectivity index (χ4v) is 1.28. The van der Waals surface area contributed by atoms with E-state index >= 15 is 0 Å². The number of ether oxygens (including phenoxy) is 1. The van der Waals surface area contributed by atoms with Crippen LogP contribution in [0.5, 0.6) is 5.75 Å². The molecule has 0 spiro atoms. The summed E-state index contributed by atoms with van der Waals surface area (Å²) in [5, 5.41) is 0. The smallest absolute Gasteiger partial charge is 0.259 e. The summed E-state index contributed by atoms with van der Waals surface area (Å²) in [7, 11) is 3.28. The summed E-state index contributed by atoms with van der Waals surface area (Å²) in [5.74, 6) is -0.0925. The van der Waals surface area contributed by atoms with Crippen molar-refractivity contribution >= 4 is 5.91 Å². The van der Waals surface area contributed by atoms with Crippen LogP contribution in [0.2, 0.25) is 0 Å². The molecular weight excluding hydrogens is 223 g/mol. The maximum atomic E-state index is 13.0. The zero-order chi connectivity index (χ0) is 13.0. The van der Waals surface area contributed by atoms with Crippen LogP contribution in [0.4, 0.5) is 4.39 Å². The normalized spacial score (nSPS) is 12.1. The average molecular weight is 240 g/mol. The summed E-state index contributed by atoms with van der Waals surface area (Å²) in [5.41, 5.74) is 6.26. The molecule has 1 atom stereocenters. The Morgan fingerprint density at radius 2 is 2.18 bits per heavy atom. The third-order valence-electron chi connectivity index (χ3n) is 2.31. The van der Waals surface area contributed by atoms with Gasteiger partial charge in [0.05, 0.1) is 0 Å². The Kier molecular flexibility index (Phi) is 4.45. The predicted molar refractivity (Wildman–Crippen MR) is 63.2 cm³/mol. The highest BCUT2D eigenvalue weighted by molar-refractivity contribution is 5.77. The third-order valence-corrected chi connectivity index (χ3v) is 2.31. The van der Waals surface area contributed by atoms with Crippen molar-refractivity contribution in [1.82, 2.24) is 4.90 Å². The third kappa shape index (κ3) is 3.71. The number of likely N-dealkylation sites (N-methyl/N-ethyl adjacent to an activating group) is 1. The van der Waals surface area contributed by atoms with Crippen molar-refractivity contribution in [3.63, 3.8) is 0 Å². The summed E-state index contributed by atoms with van der Waals surface area (Å²) in [6.45, 7) is 1.65. The van der Waals surface area contributed by atoms with Crippen molar-refractivity contribution in [3.8, 4) is 5.75 Å². The Morgan fingerprint density at radius 1 is 1.53 bits per heavy atom. The van der Waals surface area contributed by atoms with Crippen molar-refractivity contribution in [3.05, 3.63) is 29.6 Å². The Bertz CT molecular complexity index is 405. The van der Waals surface area contributed by atoms with Gasteiger partial charge in [0.15, 0.2) is 6.61 Å². The largest absolute Gasteiger partial charge is 0.483 e. The lowest BCUT2D eigenvalue weighted by Gasteiger charge is -2.15. The molecule has 0 aromatic heterocycles. The first kappa shape index (κ1) is 13.4. The lowest BCUT2D eigenvalue weighted by molar-refractivity contribution is -0.130. The second-order valence-corrected chi connectivity index (χ2v) is 4.05. The first-order valence-electron chi connectivity index (χ1n) is 5.29. The number of halogens is 1. The van der Waals surface area contributed by atoms with Crippen LogP contribution in [0.25, 0.3) is 0 Å². The van der Waals surface area contributed by atoms with Crippen LogP contribution in [-0.4, -0.2) is 31.5 Å². The van der Waals surface area contributed by atoms with Crippen LogP contribution in [0.15, 0.2) is 18.2 Å². The quantitative estimate of drug-likeness (QED) is 0.863. The summed E-state index contributed by atoms with van der Waals surface area (Å²) in [6, 6.07) is 3.73. The lowest BCUT2D eigenvalue weighted by Crippen LogP contribution is -2.27. The van der Waals surface area contributed by atoms with E-state index in [4.69, 9.17) is 10.5 Å². The molecule has 0 aliphatic heterocycles. The number of rotatable bonds is 4. The number of carbonyl (C=O) groups is 1. The van der Waals surface area contributed by atoms with Crippen molar-refractivity contribution in [2.75, 3.05) is 20.7 Å². The van der Waals surface area contributed by atoms with Gasteiger partial charge in [-0.2, -0.15) is 0 Å². The Hall–Kier alpha value is -1.62. The zero-order valence-corrected chi connectivity index (χ0v) is 10.2. The second kappa shape index (κ2) is 5.63. The van der Waals surface area contributed by atoms with E-state index in [1.54, 1.807) is 21.0 Å². The average Bonchev–Trinajstić information content (AvgIpc) is 2.26. The first-order chi connectivity index (χ1) is 7.91. The van der Waals surface area contributed by atoms with Crippen LogP contribution in [-0.2, 0) is 4.79 Å². The standard InChI is InChI=1S/C12H17FN2O2/c1-8(14)10-6-9(13)4-5-11(10)17-7-12(16)15(2)3/h4-6,8H,7,14H2,1-3H3. The molecule has 0 aliphatic carbocycles. The van der Waals surface area contributed by atoms with Gasteiger partial charge in [-0.3, -0.25) is 4.79 Å². The molecule has 0 bridgehead atoms. The highest BCUT2D eigenvalue weighted by Crippen LogP contribution is 2.24. The summed E-state index contributed by atoms with van der Waals surface area (Å²) < 4.78 is 18.4. The summed E-state index contributed by atoms with van der Waals surface area (Å²) >= 11 is 0. The SMILES string of the molecule is CC(N)c1cc(F)ccc1OCC(=O)N(C)C. The van der Waals surface area contributed by atoms with Crippen LogP contribution in [0.1, 0.15) is 18.5 Å². The van der Waals surface area contributed by atoms with Gasteiger partial charge in [-0.05, 0) is 25.1 Å². The molecule has 0 radical (unpaired) electrons.